The third-order valence-corrected chi connectivity index (χ3v) is 3.15. The third-order valence-electron chi connectivity index (χ3n) is 3.15. The molecule has 0 saturated carbocycles. The zero-order chi connectivity index (χ0) is 12.5. The number of rotatable bonds is 2. The molecule has 0 aliphatic rings. The van der Waals surface area contributed by atoms with Gasteiger partial charge >= 0.3 is 0 Å². The van der Waals surface area contributed by atoms with E-state index in [0.717, 1.165) is 23.4 Å². The predicted octanol–water partition coefficient (Wildman–Crippen LogP) is 2.56. The van der Waals surface area contributed by atoms with Gasteiger partial charge in [0.05, 0.1) is 6.20 Å². The molecule has 0 aliphatic carbocycles. The Morgan fingerprint density at radius 2 is 2.06 bits per heavy atom. The van der Waals surface area contributed by atoms with E-state index < -0.39 is 0 Å². The van der Waals surface area contributed by atoms with Gasteiger partial charge in [0, 0.05) is 6.42 Å². The highest BCUT2D eigenvalue weighted by atomic mass is 15.0. The van der Waals surface area contributed by atoms with Crippen LogP contribution in [0.5, 0.6) is 0 Å². The van der Waals surface area contributed by atoms with Gasteiger partial charge < -0.3 is 4.98 Å². The number of hydrogen-bond acceptors (Lipinski definition) is 3. The zero-order valence-corrected chi connectivity index (χ0v) is 10.4. The van der Waals surface area contributed by atoms with Crippen LogP contribution >= 0.6 is 0 Å². The first-order chi connectivity index (χ1) is 8.72. The molecule has 3 aromatic rings. The number of hydrogen-bond donors (Lipinski definition) is 1. The molecule has 2 heterocycles. The van der Waals surface area contributed by atoms with Gasteiger partial charge in [-0.05, 0) is 30.5 Å². The summed E-state index contributed by atoms with van der Waals surface area (Å²) in [6, 6.07) is 6.49. The lowest BCUT2D eigenvalue weighted by Gasteiger charge is -2.03. The summed E-state index contributed by atoms with van der Waals surface area (Å²) in [4.78, 5) is 15.8. The lowest BCUT2D eigenvalue weighted by Crippen LogP contribution is -1.92. The van der Waals surface area contributed by atoms with Crippen LogP contribution in [-0.2, 0) is 6.42 Å². The number of imidazole rings is 1. The van der Waals surface area contributed by atoms with E-state index >= 15 is 0 Å². The molecule has 0 radical (unpaired) electrons. The summed E-state index contributed by atoms with van der Waals surface area (Å²) >= 11 is 0. The molecule has 0 spiro atoms. The zero-order valence-electron chi connectivity index (χ0n) is 10.4. The Hall–Kier alpha value is -2.23. The van der Waals surface area contributed by atoms with Crippen LogP contribution in [0.25, 0.3) is 11.2 Å². The standard InChI is InChI=1S/C14H14N4/c1-9-3-4-11(5-10(9)2)6-13-17-12-7-15-8-16-14(12)18-13/h3-5,7-8H,6H2,1-2H3,(H,15,16,17,18). The van der Waals surface area contributed by atoms with Crippen molar-refractivity contribution in [1.29, 1.82) is 0 Å². The molecule has 0 saturated heterocycles. The van der Waals surface area contributed by atoms with Gasteiger partial charge in [0.1, 0.15) is 17.7 Å². The van der Waals surface area contributed by atoms with Gasteiger partial charge in [0.2, 0.25) is 0 Å². The summed E-state index contributed by atoms with van der Waals surface area (Å²) in [6.45, 7) is 4.25. The van der Waals surface area contributed by atoms with Crippen LogP contribution in [0.2, 0.25) is 0 Å². The Labute approximate surface area is 105 Å². The molecule has 1 aromatic carbocycles. The van der Waals surface area contributed by atoms with Crippen LogP contribution in [-0.4, -0.2) is 19.9 Å². The Morgan fingerprint density at radius 3 is 2.83 bits per heavy atom. The van der Waals surface area contributed by atoms with E-state index in [4.69, 9.17) is 0 Å². The molecule has 0 fully saturated rings. The summed E-state index contributed by atoms with van der Waals surface area (Å²) in [7, 11) is 0. The van der Waals surface area contributed by atoms with Crippen molar-refractivity contribution in [3.05, 3.63) is 53.2 Å². The van der Waals surface area contributed by atoms with Gasteiger partial charge in [0.25, 0.3) is 0 Å². The third kappa shape index (κ3) is 1.97. The first-order valence-corrected chi connectivity index (χ1v) is 5.93. The number of aromatic amines is 1. The lowest BCUT2D eigenvalue weighted by atomic mass is 10.0. The Morgan fingerprint density at radius 1 is 1.17 bits per heavy atom. The van der Waals surface area contributed by atoms with Crippen LogP contribution < -0.4 is 0 Å². The van der Waals surface area contributed by atoms with Crippen LogP contribution in [0.3, 0.4) is 0 Å². The molecule has 1 N–H and O–H groups in total. The average Bonchev–Trinajstić information content (AvgIpc) is 2.76. The average molecular weight is 238 g/mol. The van der Waals surface area contributed by atoms with Gasteiger partial charge in [-0.1, -0.05) is 18.2 Å². The smallest absolute Gasteiger partial charge is 0.180 e. The maximum absolute atomic E-state index is 4.45. The summed E-state index contributed by atoms with van der Waals surface area (Å²) in [5.74, 6) is 0.925. The predicted molar refractivity (Wildman–Crippen MR) is 70.4 cm³/mol. The monoisotopic (exact) mass is 238 g/mol. The molecular formula is C14H14N4. The second-order valence-electron chi connectivity index (χ2n) is 4.54. The Kier molecular flexibility index (Phi) is 2.55. The fourth-order valence-corrected chi connectivity index (χ4v) is 2.00. The highest BCUT2D eigenvalue weighted by Gasteiger charge is 2.05. The number of nitrogens with zero attached hydrogens (tertiary/aromatic N) is 3. The number of benzene rings is 1. The van der Waals surface area contributed by atoms with Crippen molar-refractivity contribution in [2.45, 2.75) is 20.3 Å². The van der Waals surface area contributed by atoms with Gasteiger partial charge in [-0.15, -0.1) is 0 Å². The molecule has 0 bridgehead atoms. The Bertz CT molecular complexity index is 667. The van der Waals surface area contributed by atoms with Crippen molar-refractivity contribution in [3.8, 4) is 0 Å². The summed E-state index contributed by atoms with van der Waals surface area (Å²) < 4.78 is 0. The van der Waals surface area contributed by atoms with Crippen LogP contribution in [0, 0.1) is 13.8 Å². The number of aromatic nitrogens is 4. The maximum atomic E-state index is 4.45. The highest BCUT2D eigenvalue weighted by molar-refractivity contribution is 5.68. The fourth-order valence-electron chi connectivity index (χ4n) is 2.00. The van der Waals surface area contributed by atoms with E-state index in [1.165, 1.54) is 23.0 Å². The minimum atomic E-state index is 0.726. The SMILES string of the molecule is Cc1ccc(Cc2nc3ncncc3[nH]2)cc1C. The van der Waals surface area contributed by atoms with E-state index in [9.17, 15) is 0 Å². The quantitative estimate of drug-likeness (QED) is 0.746. The van der Waals surface area contributed by atoms with Gasteiger partial charge in [-0.2, -0.15) is 0 Å². The van der Waals surface area contributed by atoms with Gasteiger partial charge in [0.15, 0.2) is 5.65 Å². The summed E-state index contributed by atoms with van der Waals surface area (Å²) in [5, 5.41) is 0. The minimum absolute atomic E-state index is 0.726. The molecule has 0 unspecified atom stereocenters. The van der Waals surface area contributed by atoms with Crippen molar-refractivity contribution in [1.82, 2.24) is 19.9 Å². The van der Waals surface area contributed by atoms with Crippen molar-refractivity contribution in [2.75, 3.05) is 0 Å². The van der Waals surface area contributed by atoms with Gasteiger partial charge in [-0.3, -0.25) is 0 Å². The minimum Gasteiger partial charge on any atom is -0.339 e. The van der Waals surface area contributed by atoms with E-state index in [2.05, 4.69) is 52.0 Å². The molecule has 90 valence electrons. The fraction of sp³-hybridized carbons (Fsp3) is 0.214. The number of aryl methyl sites for hydroxylation is 2. The first kappa shape index (κ1) is 10.9. The van der Waals surface area contributed by atoms with Crippen molar-refractivity contribution < 1.29 is 0 Å². The molecule has 0 aliphatic heterocycles. The topological polar surface area (TPSA) is 54.5 Å². The summed E-state index contributed by atoms with van der Waals surface area (Å²) in [6.07, 6.45) is 4.06. The number of nitrogens with one attached hydrogen (secondary N) is 1. The van der Waals surface area contributed by atoms with Crippen molar-refractivity contribution in [3.63, 3.8) is 0 Å². The van der Waals surface area contributed by atoms with Crippen molar-refractivity contribution >= 4 is 11.2 Å². The molecule has 4 heteroatoms. The number of fused-ring (bicyclic) bond motifs is 1. The lowest BCUT2D eigenvalue weighted by molar-refractivity contribution is 1.03. The molecular weight excluding hydrogens is 224 g/mol. The second-order valence-corrected chi connectivity index (χ2v) is 4.54. The van der Waals surface area contributed by atoms with E-state index in [0.29, 0.717) is 0 Å². The van der Waals surface area contributed by atoms with E-state index in [-0.39, 0.29) is 0 Å². The van der Waals surface area contributed by atoms with E-state index in [1.54, 1.807) is 6.20 Å². The van der Waals surface area contributed by atoms with Crippen LogP contribution in [0.1, 0.15) is 22.5 Å². The second kappa shape index (κ2) is 4.22. The maximum Gasteiger partial charge on any atom is 0.180 e. The number of H-pyrrole nitrogens is 1. The molecule has 3 rings (SSSR count). The molecule has 0 atom stereocenters. The Balaban J connectivity index is 1.93. The van der Waals surface area contributed by atoms with Crippen LogP contribution in [0.15, 0.2) is 30.7 Å². The van der Waals surface area contributed by atoms with Crippen molar-refractivity contribution in [2.24, 2.45) is 0 Å². The van der Waals surface area contributed by atoms with E-state index in [1.807, 2.05) is 0 Å². The molecule has 4 nitrogen and oxygen atoms in total. The summed E-state index contributed by atoms with van der Waals surface area (Å²) in [5.41, 5.74) is 5.49. The molecule has 0 amide bonds. The molecule has 2 aromatic heterocycles. The largest absolute Gasteiger partial charge is 0.339 e. The van der Waals surface area contributed by atoms with Gasteiger partial charge in [-0.25, -0.2) is 15.0 Å². The molecule has 18 heavy (non-hydrogen) atoms. The first-order valence-electron chi connectivity index (χ1n) is 5.93. The normalized spacial score (nSPS) is 11.0. The highest BCUT2D eigenvalue weighted by Crippen LogP contribution is 2.14. The van der Waals surface area contributed by atoms with Crippen LogP contribution in [0.4, 0.5) is 0 Å².